The van der Waals surface area contributed by atoms with Crippen LogP contribution < -0.4 is 5.32 Å². The van der Waals surface area contributed by atoms with Crippen molar-refractivity contribution in [3.8, 4) is 5.82 Å². The standard InChI is InChI=1S/C15H21ClN4/c1-5-13-7-12(9-17-6-2)8-14(18-13)20-11(4)15(16)10(3)19-20/h7-8,17H,5-6,9H2,1-4H3. The highest BCUT2D eigenvalue weighted by molar-refractivity contribution is 6.31. The maximum atomic E-state index is 6.22. The second kappa shape index (κ2) is 6.37. The summed E-state index contributed by atoms with van der Waals surface area (Å²) >= 11 is 6.22. The van der Waals surface area contributed by atoms with Crippen molar-refractivity contribution >= 4 is 11.6 Å². The van der Waals surface area contributed by atoms with Crippen molar-refractivity contribution in [2.75, 3.05) is 6.54 Å². The van der Waals surface area contributed by atoms with Crippen LogP contribution >= 0.6 is 11.6 Å². The largest absolute Gasteiger partial charge is 0.313 e. The van der Waals surface area contributed by atoms with Crippen LogP contribution in [0.1, 0.15) is 36.5 Å². The van der Waals surface area contributed by atoms with Gasteiger partial charge < -0.3 is 5.32 Å². The summed E-state index contributed by atoms with van der Waals surface area (Å²) in [6.45, 7) is 9.87. The number of halogens is 1. The summed E-state index contributed by atoms with van der Waals surface area (Å²) in [4.78, 5) is 4.66. The molecule has 0 saturated heterocycles. The molecule has 2 aromatic rings. The number of hydrogen-bond acceptors (Lipinski definition) is 3. The Bertz CT molecular complexity index is 604. The Morgan fingerprint density at radius 3 is 2.55 bits per heavy atom. The minimum Gasteiger partial charge on any atom is -0.313 e. The first-order chi connectivity index (χ1) is 9.56. The molecule has 0 amide bonds. The number of rotatable bonds is 5. The van der Waals surface area contributed by atoms with E-state index in [1.165, 1.54) is 5.56 Å². The lowest BCUT2D eigenvalue weighted by atomic mass is 10.2. The van der Waals surface area contributed by atoms with Gasteiger partial charge in [0.1, 0.15) is 0 Å². The molecule has 20 heavy (non-hydrogen) atoms. The Morgan fingerprint density at radius 1 is 1.25 bits per heavy atom. The number of aryl methyl sites for hydroxylation is 2. The smallest absolute Gasteiger partial charge is 0.154 e. The molecule has 0 atom stereocenters. The quantitative estimate of drug-likeness (QED) is 0.920. The lowest BCUT2D eigenvalue weighted by Gasteiger charge is -2.10. The molecule has 5 heteroatoms. The van der Waals surface area contributed by atoms with Crippen molar-refractivity contribution in [2.24, 2.45) is 0 Å². The van der Waals surface area contributed by atoms with Crippen molar-refractivity contribution in [1.82, 2.24) is 20.1 Å². The second-order valence-corrected chi connectivity index (χ2v) is 5.23. The molecule has 0 saturated carbocycles. The molecule has 0 aliphatic carbocycles. The summed E-state index contributed by atoms with van der Waals surface area (Å²) in [6, 6.07) is 4.21. The minimum absolute atomic E-state index is 0.710. The van der Waals surface area contributed by atoms with Gasteiger partial charge in [0.2, 0.25) is 0 Å². The van der Waals surface area contributed by atoms with Gasteiger partial charge in [0.25, 0.3) is 0 Å². The molecule has 1 N–H and O–H groups in total. The van der Waals surface area contributed by atoms with Gasteiger partial charge in [-0.1, -0.05) is 25.4 Å². The van der Waals surface area contributed by atoms with Crippen LogP contribution in [0.4, 0.5) is 0 Å². The predicted octanol–water partition coefficient (Wildman–Crippen LogP) is 3.21. The Labute approximate surface area is 125 Å². The first-order valence-electron chi connectivity index (χ1n) is 6.99. The van der Waals surface area contributed by atoms with E-state index in [2.05, 4.69) is 41.4 Å². The molecule has 0 radical (unpaired) electrons. The minimum atomic E-state index is 0.710. The highest BCUT2D eigenvalue weighted by atomic mass is 35.5. The Balaban J connectivity index is 2.46. The van der Waals surface area contributed by atoms with Gasteiger partial charge in [-0.05, 0) is 44.5 Å². The fourth-order valence-electron chi connectivity index (χ4n) is 2.14. The van der Waals surface area contributed by atoms with E-state index in [1.807, 2.05) is 18.5 Å². The van der Waals surface area contributed by atoms with Gasteiger partial charge in [-0.15, -0.1) is 0 Å². The molecule has 0 spiro atoms. The van der Waals surface area contributed by atoms with Crippen LogP contribution in [0.3, 0.4) is 0 Å². The number of hydrogen-bond donors (Lipinski definition) is 1. The third-order valence-corrected chi connectivity index (χ3v) is 3.83. The molecule has 0 fully saturated rings. The van der Waals surface area contributed by atoms with E-state index in [-0.39, 0.29) is 0 Å². The molecular formula is C15H21ClN4. The second-order valence-electron chi connectivity index (χ2n) is 4.86. The number of pyridine rings is 1. The molecule has 0 bridgehead atoms. The Morgan fingerprint density at radius 2 is 2.00 bits per heavy atom. The highest BCUT2D eigenvalue weighted by Crippen LogP contribution is 2.22. The molecule has 0 aromatic carbocycles. The van der Waals surface area contributed by atoms with Gasteiger partial charge in [0.05, 0.1) is 16.4 Å². The molecule has 2 rings (SSSR count). The van der Waals surface area contributed by atoms with Gasteiger partial charge in [-0.25, -0.2) is 9.67 Å². The van der Waals surface area contributed by atoms with Crippen molar-refractivity contribution in [2.45, 2.75) is 40.7 Å². The van der Waals surface area contributed by atoms with Crippen molar-refractivity contribution in [3.63, 3.8) is 0 Å². The molecule has 4 nitrogen and oxygen atoms in total. The van der Waals surface area contributed by atoms with Crippen LogP contribution in [0.25, 0.3) is 5.82 Å². The lowest BCUT2D eigenvalue weighted by Crippen LogP contribution is -2.13. The molecule has 108 valence electrons. The molecular weight excluding hydrogens is 272 g/mol. The summed E-state index contributed by atoms with van der Waals surface area (Å²) in [6.07, 6.45) is 0.903. The van der Waals surface area contributed by atoms with Crippen LogP contribution in [-0.2, 0) is 13.0 Å². The normalized spacial score (nSPS) is 11.1. The van der Waals surface area contributed by atoms with Gasteiger partial charge >= 0.3 is 0 Å². The summed E-state index contributed by atoms with van der Waals surface area (Å²) in [5.74, 6) is 0.838. The first kappa shape index (κ1) is 15.0. The van der Waals surface area contributed by atoms with Crippen LogP contribution in [-0.4, -0.2) is 21.3 Å². The number of nitrogens with one attached hydrogen (secondary N) is 1. The van der Waals surface area contributed by atoms with E-state index in [4.69, 9.17) is 11.6 Å². The Hall–Kier alpha value is -1.39. The summed E-state index contributed by atoms with van der Waals surface area (Å²) < 4.78 is 1.83. The lowest BCUT2D eigenvalue weighted by molar-refractivity contribution is 0.719. The fourth-order valence-corrected chi connectivity index (χ4v) is 2.26. The maximum absolute atomic E-state index is 6.22. The van der Waals surface area contributed by atoms with Crippen molar-refractivity contribution in [1.29, 1.82) is 0 Å². The van der Waals surface area contributed by atoms with Gasteiger partial charge in [0.15, 0.2) is 5.82 Å². The number of aromatic nitrogens is 3. The van der Waals surface area contributed by atoms with E-state index in [9.17, 15) is 0 Å². The third-order valence-electron chi connectivity index (χ3n) is 3.29. The summed E-state index contributed by atoms with van der Waals surface area (Å²) in [7, 11) is 0. The average Bonchev–Trinajstić information content (AvgIpc) is 2.72. The molecule has 0 unspecified atom stereocenters. The van der Waals surface area contributed by atoms with Crippen molar-refractivity contribution < 1.29 is 0 Å². The Kier molecular flexibility index (Phi) is 4.78. The topological polar surface area (TPSA) is 42.7 Å². The van der Waals surface area contributed by atoms with Crippen LogP contribution in [0, 0.1) is 13.8 Å². The predicted molar refractivity (Wildman–Crippen MR) is 82.6 cm³/mol. The van der Waals surface area contributed by atoms with Gasteiger partial charge in [-0.3, -0.25) is 0 Å². The SMILES string of the molecule is CCNCc1cc(CC)nc(-n2nc(C)c(Cl)c2C)c1. The fraction of sp³-hybridized carbons (Fsp3) is 0.467. The van der Waals surface area contributed by atoms with Gasteiger partial charge in [-0.2, -0.15) is 5.10 Å². The first-order valence-corrected chi connectivity index (χ1v) is 7.37. The zero-order valence-electron chi connectivity index (χ0n) is 12.5. The van der Waals surface area contributed by atoms with E-state index >= 15 is 0 Å². The maximum Gasteiger partial charge on any atom is 0.154 e. The monoisotopic (exact) mass is 292 g/mol. The molecule has 0 aliphatic rings. The van der Waals surface area contributed by atoms with E-state index in [0.29, 0.717) is 5.02 Å². The van der Waals surface area contributed by atoms with Crippen LogP contribution in [0.2, 0.25) is 5.02 Å². The van der Waals surface area contributed by atoms with Gasteiger partial charge in [0, 0.05) is 12.2 Å². The zero-order valence-corrected chi connectivity index (χ0v) is 13.3. The van der Waals surface area contributed by atoms with E-state index in [0.717, 1.165) is 42.4 Å². The molecule has 2 heterocycles. The average molecular weight is 293 g/mol. The van der Waals surface area contributed by atoms with E-state index < -0.39 is 0 Å². The summed E-state index contributed by atoms with van der Waals surface area (Å²) in [5, 5.41) is 8.53. The zero-order chi connectivity index (χ0) is 14.7. The molecule has 0 aliphatic heterocycles. The third kappa shape index (κ3) is 3.02. The summed E-state index contributed by atoms with van der Waals surface area (Å²) in [5.41, 5.74) is 4.05. The number of nitrogens with zero attached hydrogens (tertiary/aromatic N) is 3. The van der Waals surface area contributed by atoms with Crippen LogP contribution in [0.5, 0.6) is 0 Å². The molecule has 2 aromatic heterocycles. The highest BCUT2D eigenvalue weighted by Gasteiger charge is 2.12. The van der Waals surface area contributed by atoms with Crippen LogP contribution in [0.15, 0.2) is 12.1 Å². The van der Waals surface area contributed by atoms with Crippen molar-refractivity contribution in [3.05, 3.63) is 39.8 Å². The van der Waals surface area contributed by atoms with E-state index in [1.54, 1.807) is 0 Å².